The molecule has 0 aliphatic carbocycles. The maximum absolute atomic E-state index is 11.7. The molecule has 0 saturated heterocycles. The van der Waals surface area contributed by atoms with Gasteiger partial charge in [0.05, 0.1) is 6.54 Å². The molecule has 3 nitrogen and oxygen atoms in total. The van der Waals surface area contributed by atoms with E-state index in [1.54, 1.807) is 36.4 Å². The molecule has 0 heterocycles. The van der Waals surface area contributed by atoms with Crippen LogP contribution in [0.3, 0.4) is 0 Å². The molecule has 1 N–H and O–H groups in total. The lowest BCUT2D eigenvalue weighted by molar-refractivity contribution is -0.116. The number of ketones is 1. The smallest absolute Gasteiger partial charge is 0.244 e. The van der Waals surface area contributed by atoms with Gasteiger partial charge in [-0.15, -0.1) is 0 Å². The first-order valence-electron chi connectivity index (χ1n) is 7.36. The number of Topliss-reactive ketones (excluding diaryl/α,β-unsaturated/α-hetero) is 1. The number of hydrogen-bond donors (Lipinski definition) is 1. The predicted molar refractivity (Wildman–Crippen MR) is 96.8 cm³/mol. The van der Waals surface area contributed by atoms with Crippen molar-refractivity contribution in [3.63, 3.8) is 0 Å². The summed E-state index contributed by atoms with van der Waals surface area (Å²) in [5, 5.41) is 3.27. The fourth-order valence-electron chi connectivity index (χ4n) is 1.90. The highest BCUT2D eigenvalue weighted by atomic mass is 35.5. The molecule has 0 aliphatic heterocycles. The molecule has 0 aliphatic rings. The minimum atomic E-state index is -0.240. The van der Waals surface area contributed by atoms with E-state index in [1.807, 2.05) is 18.2 Å². The van der Waals surface area contributed by atoms with Crippen molar-refractivity contribution in [2.24, 2.45) is 0 Å². The largest absolute Gasteiger partial charge is 0.342 e. The molecular weight excluding hydrogens is 322 g/mol. The Kier molecular flexibility index (Phi) is 6.36. The van der Waals surface area contributed by atoms with Crippen molar-refractivity contribution >= 4 is 29.4 Å². The lowest BCUT2D eigenvalue weighted by Gasteiger charge is -1.97. The SMILES string of the molecule is CC(=O)c1ccc(C#CCNC(=O)/C=C/c2ccccc2Cl)cc1. The molecule has 2 rings (SSSR count). The van der Waals surface area contributed by atoms with Gasteiger partial charge in [-0.1, -0.05) is 53.8 Å². The molecular formula is C20H16ClNO2. The van der Waals surface area contributed by atoms with Gasteiger partial charge < -0.3 is 5.32 Å². The van der Waals surface area contributed by atoms with Crippen molar-refractivity contribution in [3.8, 4) is 11.8 Å². The molecule has 0 spiro atoms. The molecule has 0 saturated carbocycles. The van der Waals surface area contributed by atoms with E-state index in [1.165, 1.54) is 13.0 Å². The highest BCUT2D eigenvalue weighted by Crippen LogP contribution is 2.15. The van der Waals surface area contributed by atoms with Gasteiger partial charge in [0.15, 0.2) is 5.78 Å². The van der Waals surface area contributed by atoms with Gasteiger partial charge in [0, 0.05) is 22.2 Å². The van der Waals surface area contributed by atoms with E-state index in [0.717, 1.165) is 11.1 Å². The van der Waals surface area contributed by atoms with E-state index in [-0.39, 0.29) is 18.2 Å². The fourth-order valence-corrected chi connectivity index (χ4v) is 2.10. The second kappa shape index (κ2) is 8.71. The highest BCUT2D eigenvalue weighted by Gasteiger charge is 1.98. The zero-order chi connectivity index (χ0) is 17.4. The van der Waals surface area contributed by atoms with Crippen molar-refractivity contribution in [2.45, 2.75) is 6.92 Å². The topological polar surface area (TPSA) is 46.2 Å². The van der Waals surface area contributed by atoms with Gasteiger partial charge in [0.2, 0.25) is 5.91 Å². The first kappa shape index (κ1) is 17.5. The zero-order valence-electron chi connectivity index (χ0n) is 13.2. The molecule has 0 radical (unpaired) electrons. The van der Waals surface area contributed by atoms with Crippen molar-refractivity contribution in [2.75, 3.05) is 6.54 Å². The molecule has 0 fully saturated rings. The quantitative estimate of drug-likeness (QED) is 0.525. The van der Waals surface area contributed by atoms with Gasteiger partial charge in [0.25, 0.3) is 0 Å². The lowest BCUT2D eigenvalue weighted by Crippen LogP contribution is -2.20. The first-order chi connectivity index (χ1) is 11.6. The summed E-state index contributed by atoms with van der Waals surface area (Å²) >= 11 is 6.01. The number of rotatable bonds is 4. The summed E-state index contributed by atoms with van der Waals surface area (Å²) < 4.78 is 0. The van der Waals surface area contributed by atoms with Gasteiger partial charge >= 0.3 is 0 Å². The average Bonchev–Trinajstić information content (AvgIpc) is 2.58. The standard InChI is InChI=1S/C20H16ClNO2/c1-15(23)17-10-8-16(9-11-17)5-4-14-22-20(24)13-12-18-6-2-3-7-19(18)21/h2-3,6-13H,14H2,1H3,(H,22,24)/b13-12+. The van der Waals surface area contributed by atoms with Crippen LogP contribution in [0.15, 0.2) is 54.6 Å². The molecule has 2 aromatic rings. The van der Waals surface area contributed by atoms with Crippen molar-refractivity contribution in [1.82, 2.24) is 5.32 Å². The summed E-state index contributed by atoms with van der Waals surface area (Å²) in [6, 6.07) is 14.3. The maximum Gasteiger partial charge on any atom is 0.244 e. The Balaban J connectivity index is 1.85. The van der Waals surface area contributed by atoms with Gasteiger partial charge in [-0.2, -0.15) is 0 Å². The van der Waals surface area contributed by atoms with Crippen LogP contribution in [0, 0.1) is 11.8 Å². The number of amides is 1. The third-order valence-corrected chi connectivity index (χ3v) is 3.54. The molecule has 0 atom stereocenters. The van der Waals surface area contributed by atoms with E-state index in [4.69, 9.17) is 11.6 Å². The summed E-state index contributed by atoms with van der Waals surface area (Å²) in [4.78, 5) is 22.9. The second-order valence-corrected chi connectivity index (χ2v) is 5.42. The second-order valence-electron chi connectivity index (χ2n) is 5.01. The molecule has 0 unspecified atom stereocenters. The van der Waals surface area contributed by atoms with E-state index >= 15 is 0 Å². The van der Waals surface area contributed by atoms with Crippen molar-refractivity contribution in [3.05, 3.63) is 76.3 Å². The number of carbonyl (C=O) groups is 2. The van der Waals surface area contributed by atoms with E-state index < -0.39 is 0 Å². The van der Waals surface area contributed by atoms with Crippen LogP contribution < -0.4 is 5.32 Å². The minimum absolute atomic E-state index is 0.0204. The Morgan fingerprint density at radius 2 is 1.83 bits per heavy atom. The predicted octanol–water partition coefficient (Wildman–Crippen LogP) is 3.72. The Hall–Kier alpha value is -2.83. The van der Waals surface area contributed by atoms with Crippen LogP contribution in [0.1, 0.15) is 28.4 Å². The third kappa shape index (κ3) is 5.42. The summed E-state index contributed by atoms with van der Waals surface area (Å²) in [6.07, 6.45) is 3.08. The van der Waals surface area contributed by atoms with Crippen LogP contribution in [-0.2, 0) is 4.79 Å². The van der Waals surface area contributed by atoms with Gasteiger partial charge in [-0.05, 0) is 36.8 Å². The number of halogens is 1. The van der Waals surface area contributed by atoms with Gasteiger partial charge in [-0.25, -0.2) is 0 Å². The Morgan fingerprint density at radius 3 is 2.50 bits per heavy atom. The minimum Gasteiger partial charge on any atom is -0.342 e. The number of hydrogen-bond acceptors (Lipinski definition) is 2. The van der Waals surface area contributed by atoms with Crippen molar-refractivity contribution < 1.29 is 9.59 Å². The molecule has 2 aromatic carbocycles. The maximum atomic E-state index is 11.7. The molecule has 0 bridgehead atoms. The Morgan fingerprint density at radius 1 is 1.12 bits per heavy atom. The van der Waals surface area contributed by atoms with Crippen LogP contribution in [0.2, 0.25) is 5.02 Å². The summed E-state index contributed by atoms with van der Waals surface area (Å²) in [5.74, 6) is 5.57. The zero-order valence-corrected chi connectivity index (χ0v) is 13.9. The lowest BCUT2D eigenvalue weighted by atomic mass is 10.1. The monoisotopic (exact) mass is 337 g/mol. The van der Waals surface area contributed by atoms with Crippen LogP contribution in [0.5, 0.6) is 0 Å². The normalized spacial score (nSPS) is 10.1. The molecule has 120 valence electrons. The number of carbonyl (C=O) groups excluding carboxylic acids is 2. The van der Waals surface area contributed by atoms with Crippen LogP contribution in [-0.4, -0.2) is 18.2 Å². The average molecular weight is 338 g/mol. The molecule has 1 amide bonds. The Labute approximate surface area is 146 Å². The molecule has 0 aromatic heterocycles. The summed E-state index contributed by atoms with van der Waals surface area (Å²) in [5.41, 5.74) is 2.23. The van der Waals surface area contributed by atoms with Crippen molar-refractivity contribution in [1.29, 1.82) is 0 Å². The third-order valence-electron chi connectivity index (χ3n) is 3.19. The van der Waals surface area contributed by atoms with E-state index in [0.29, 0.717) is 10.6 Å². The number of benzene rings is 2. The van der Waals surface area contributed by atoms with Gasteiger partial charge in [-0.3, -0.25) is 9.59 Å². The Bertz CT molecular complexity index is 827. The fraction of sp³-hybridized carbons (Fsp3) is 0.100. The van der Waals surface area contributed by atoms with Crippen LogP contribution in [0.25, 0.3) is 6.08 Å². The number of nitrogens with one attached hydrogen (secondary N) is 1. The van der Waals surface area contributed by atoms with Crippen LogP contribution in [0.4, 0.5) is 0 Å². The molecule has 4 heteroatoms. The highest BCUT2D eigenvalue weighted by molar-refractivity contribution is 6.32. The molecule has 24 heavy (non-hydrogen) atoms. The summed E-state index contributed by atoms with van der Waals surface area (Å²) in [6.45, 7) is 1.76. The van der Waals surface area contributed by atoms with E-state index in [9.17, 15) is 9.59 Å². The van der Waals surface area contributed by atoms with Crippen LogP contribution >= 0.6 is 11.6 Å². The van der Waals surface area contributed by atoms with E-state index in [2.05, 4.69) is 17.2 Å². The first-order valence-corrected chi connectivity index (χ1v) is 7.74. The summed E-state index contributed by atoms with van der Waals surface area (Å²) in [7, 11) is 0. The van der Waals surface area contributed by atoms with Gasteiger partial charge in [0.1, 0.15) is 0 Å².